The highest BCUT2D eigenvalue weighted by Crippen LogP contribution is 2.36. The van der Waals surface area contributed by atoms with Crippen LogP contribution < -0.4 is 0 Å². The molecule has 2 rings (SSSR count). The molecular weight excluding hydrogens is 333 g/mol. The zero-order chi connectivity index (χ0) is 17.2. The summed E-state index contributed by atoms with van der Waals surface area (Å²) in [5.41, 5.74) is 0.778. The summed E-state index contributed by atoms with van der Waals surface area (Å²) in [7, 11) is 0. The van der Waals surface area contributed by atoms with Gasteiger partial charge in [0.15, 0.2) is 0 Å². The van der Waals surface area contributed by atoms with E-state index in [4.69, 9.17) is 16.7 Å². The number of phenolic OH excluding ortho intramolecular Hbond substituents is 1. The van der Waals surface area contributed by atoms with E-state index >= 15 is 0 Å². The zero-order valence-corrected chi connectivity index (χ0v) is 12.6. The van der Waals surface area contributed by atoms with E-state index < -0.39 is 18.7 Å². The minimum Gasteiger partial charge on any atom is -0.507 e. The number of aromatic hydroxyl groups is 1. The molecule has 1 atom stereocenters. The fourth-order valence-corrected chi connectivity index (χ4v) is 2.58. The highest BCUT2D eigenvalue weighted by Gasteiger charge is 2.27. The quantitative estimate of drug-likeness (QED) is 0.790. The van der Waals surface area contributed by atoms with Gasteiger partial charge in [-0.2, -0.15) is 13.2 Å². The van der Waals surface area contributed by atoms with E-state index in [-0.39, 0.29) is 28.5 Å². The summed E-state index contributed by atoms with van der Waals surface area (Å²) in [5.74, 6) is -0.298. The van der Waals surface area contributed by atoms with Crippen molar-refractivity contribution in [2.24, 2.45) is 0 Å². The van der Waals surface area contributed by atoms with Gasteiger partial charge in [-0.1, -0.05) is 35.9 Å². The van der Waals surface area contributed by atoms with Gasteiger partial charge in [0.1, 0.15) is 11.9 Å². The van der Waals surface area contributed by atoms with Crippen molar-refractivity contribution >= 4 is 11.6 Å². The first kappa shape index (κ1) is 17.6. The van der Waals surface area contributed by atoms with Gasteiger partial charge in [-0.05, 0) is 28.8 Å². The SMILES string of the molecule is OCc1cc(O)c(C(O)c2ccc(CC(F)(F)F)cc2)c(Cl)c1. The molecule has 0 saturated carbocycles. The van der Waals surface area contributed by atoms with Gasteiger partial charge in [0, 0.05) is 5.56 Å². The first-order valence-corrected chi connectivity index (χ1v) is 7.05. The molecule has 124 valence electrons. The topological polar surface area (TPSA) is 60.7 Å². The van der Waals surface area contributed by atoms with Crippen molar-refractivity contribution in [1.82, 2.24) is 0 Å². The summed E-state index contributed by atoms with van der Waals surface area (Å²) in [6.07, 6.45) is -6.65. The third-order valence-electron chi connectivity index (χ3n) is 3.32. The largest absolute Gasteiger partial charge is 0.507 e. The normalized spacial score (nSPS) is 13.1. The van der Waals surface area contributed by atoms with E-state index in [0.717, 1.165) is 0 Å². The smallest absolute Gasteiger partial charge is 0.393 e. The van der Waals surface area contributed by atoms with Crippen LogP contribution in [-0.2, 0) is 13.0 Å². The molecule has 23 heavy (non-hydrogen) atoms. The van der Waals surface area contributed by atoms with Crippen LogP contribution in [0.1, 0.15) is 28.4 Å². The van der Waals surface area contributed by atoms with Crippen LogP contribution in [0.5, 0.6) is 5.75 Å². The van der Waals surface area contributed by atoms with E-state index in [0.29, 0.717) is 11.1 Å². The van der Waals surface area contributed by atoms with E-state index in [9.17, 15) is 23.4 Å². The summed E-state index contributed by atoms with van der Waals surface area (Å²) in [5, 5.41) is 29.3. The Labute approximate surface area is 135 Å². The first-order chi connectivity index (χ1) is 10.7. The molecule has 0 amide bonds. The number of rotatable bonds is 4. The van der Waals surface area contributed by atoms with E-state index in [1.54, 1.807) is 0 Å². The van der Waals surface area contributed by atoms with Gasteiger partial charge in [-0.25, -0.2) is 0 Å². The number of hydrogen-bond donors (Lipinski definition) is 3. The molecule has 0 radical (unpaired) electrons. The number of benzene rings is 2. The van der Waals surface area contributed by atoms with E-state index in [1.165, 1.54) is 36.4 Å². The van der Waals surface area contributed by atoms with Gasteiger partial charge in [0.25, 0.3) is 0 Å². The van der Waals surface area contributed by atoms with Crippen LogP contribution in [0, 0.1) is 0 Å². The van der Waals surface area contributed by atoms with Gasteiger partial charge in [0.05, 0.1) is 18.1 Å². The maximum atomic E-state index is 12.3. The van der Waals surface area contributed by atoms with Gasteiger partial charge in [-0.15, -0.1) is 0 Å². The highest BCUT2D eigenvalue weighted by atomic mass is 35.5. The fourth-order valence-electron chi connectivity index (χ4n) is 2.24. The molecule has 0 saturated heterocycles. The van der Waals surface area contributed by atoms with Crippen molar-refractivity contribution in [3.05, 3.63) is 63.7 Å². The Bertz CT molecular complexity index is 661. The van der Waals surface area contributed by atoms with Crippen molar-refractivity contribution < 1.29 is 28.5 Å². The van der Waals surface area contributed by atoms with Gasteiger partial charge < -0.3 is 15.3 Å². The Kier molecular flexibility index (Phi) is 5.19. The maximum Gasteiger partial charge on any atom is 0.393 e. The lowest BCUT2D eigenvalue weighted by molar-refractivity contribution is -0.127. The lowest BCUT2D eigenvalue weighted by Crippen LogP contribution is -2.11. The van der Waals surface area contributed by atoms with Crippen LogP contribution in [0.25, 0.3) is 0 Å². The monoisotopic (exact) mass is 346 g/mol. The number of alkyl halides is 3. The van der Waals surface area contributed by atoms with E-state index in [2.05, 4.69) is 0 Å². The molecule has 3 N–H and O–H groups in total. The number of hydrogen-bond acceptors (Lipinski definition) is 3. The summed E-state index contributed by atoms with van der Waals surface area (Å²) >= 11 is 6.00. The Morgan fingerprint density at radius 1 is 1.04 bits per heavy atom. The molecule has 0 fully saturated rings. The molecule has 0 spiro atoms. The Morgan fingerprint density at radius 3 is 2.13 bits per heavy atom. The van der Waals surface area contributed by atoms with Crippen LogP contribution >= 0.6 is 11.6 Å². The van der Waals surface area contributed by atoms with E-state index in [1.807, 2.05) is 0 Å². The second-order valence-electron chi connectivity index (χ2n) is 5.10. The van der Waals surface area contributed by atoms with Gasteiger partial charge in [0.2, 0.25) is 0 Å². The minimum atomic E-state index is -4.30. The molecule has 3 nitrogen and oxygen atoms in total. The van der Waals surface area contributed by atoms with Crippen molar-refractivity contribution in [3.63, 3.8) is 0 Å². The summed E-state index contributed by atoms with van der Waals surface area (Å²) in [4.78, 5) is 0. The molecule has 0 aliphatic carbocycles. The van der Waals surface area contributed by atoms with Crippen LogP contribution in [0.4, 0.5) is 13.2 Å². The number of aliphatic hydroxyl groups is 2. The number of halogens is 4. The minimum absolute atomic E-state index is 0.0347. The molecular formula is C16H14ClF3O3. The summed E-state index contributed by atoms with van der Waals surface area (Å²) in [6.45, 7) is -0.324. The zero-order valence-electron chi connectivity index (χ0n) is 11.8. The predicted molar refractivity (Wildman–Crippen MR) is 79.3 cm³/mol. The highest BCUT2D eigenvalue weighted by molar-refractivity contribution is 6.31. The van der Waals surface area contributed by atoms with Crippen LogP contribution in [0.3, 0.4) is 0 Å². The maximum absolute atomic E-state index is 12.3. The molecule has 2 aromatic carbocycles. The lowest BCUT2D eigenvalue weighted by atomic mass is 9.97. The van der Waals surface area contributed by atoms with Crippen molar-refractivity contribution in [2.75, 3.05) is 0 Å². The first-order valence-electron chi connectivity index (χ1n) is 6.67. The van der Waals surface area contributed by atoms with Crippen molar-refractivity contribution in [1.29, 1.82) is 0 Å². The second kappa shape index (κ2) is 6.78. The van der Waals surface area contributed by atoms with Crippen LogP contribution in [-0.4, -0.2) is 21.5 Å². The summed E-state index contributed by atoms with van der Waals surface area (Å²) < 4.78 is 37.0. The lowest BCUT2D eigenvalue weighted by Gasteiger charge is -2.16. The number of phenols is 1. The van der Waals surface area contributed by atoms with Crippen molar-refractivity contribution in [3.8, 4) is 5.75 Å². The van der Waals surface area contributed by atoms with Crippen molar-refractivity contribution in [2.45, 2.75) is 25.3 Å². The van der Waals surface area contributed by atoms with Gasteiger partial charge in [-0.3, -0.25) is 0 Å². The number of aliphatic hydroxyl groups excluding tert-OH is 2. The molecule has 2 aromatic rings. The second-order valence-corrected chi connectivity index (χ2v) is 5.51. The third-order valence-corrected chi connectivity index (χ3v) is 3.64. The molecule has 7 heteroatoms. The van der Waals surface area contributed by atoms with Gasteiger partial charge >= 0.3 is 6.18 Å². The molecule has 0 bridgehead atoms. The molecule has 0 heterocycles. The fraction of sp³-hybridized carbons (Fsp3) is 0.250. The Morgan fingerprint density at radius 2 is 1.65 bits per heavy atom. The molecule has 1 unspecified atom stereocenters. The average molecular weight is 347 g/mol. The Hall–Kier alpha value is -1.76. The molecule has 0 aliphatic rings. The third kappa shape index (κ3) is 4.37. The standard InChI is InChI=1S/C16H14ClF3O3/c17-12-5-10(8-21)6-13(22)14(12)15(23)11-3-1-9(2-4-11)7-16(18,19)20/h1-6,15,21-23H,7-8H2. The Balaban J connectivity index is 2.29. The van der Waals surface area contributed by atoms with Crippen LogP contribution in [0.2, 0.25) is 5.02 Å². The average Bonchev–Trinajstić information content (AvgIpc) is 2.45. The summed E-state index contributed by atoms with van der Waals surface area (Å²) in [6, 6.07) is 7.89. The molecule has 0 aliphatic heterocycles. The molecule has 0 aromatic heterocycles. The van der Waals surface area contributed by atoms with Crippen LogP contribution in [0.15, 0.2) is 36.4 Å². The predicted octanol–water partition coefficient (Wildman–Crippen LogP) is 3.72.